The van der Waals surface area contributed by atoms with Crippen LogP contribution in [0.1, 0.15) is 39.9 Å². The van der Waals surface area contributed by atoms with Gasteiger partial charge >= 0.3 is 0 Å². The van der Waals surface area contributed by atoms with E-state index in [1.807, 2.05) is 12.4 Å². The number of carbonyl (C=O) groups excluding carboxylic acids is 1. The quantitative estimate of drug-likeness (QED) is 0.869. The molecule has 0 aromatic carbocycles. The molecule has 1 aliphatic heterocycles. The first-order valence-corrected chi connectivity index (χ1v) is 7.85. The standard InChI is InChI=1S/C17H25N3O/c1-11(2)9-13-15(17(13,3)4)16(21)19-12-5-6-14-18-7-8-20(14)10-12/h7-9,12-13,15H,5-6,10H2,1-4H3,(H,19,21)/t12-,13-,15+/m1/s1. The third-order valence-corrected chi connectivity index (χ3v) is 4.99. The zero-order valence-electron chi connectivity index (χ0n) is 13.4. The summed E-state index contributed by atoms with van der Waals surface area (Å²) in [5.74, 6) is 1.86. The fraction of sp³-hybridized carbons (Fsp3) is 0.647. The summed E-state index contributed by atoms with van der Waals surface area (Å²) in [4.78, 5) is 16.9. The normalized spacial score (nSPS) is 29.4. The zero-order valence-corrected chi connectivity index (χ0v) is 13.4. The van der Waals surface area contributed by atoms with E-state index in [4.69, 9.17) is 0 Å². The molecule has 2 aliphatic rings. The van der Waals surface area contributed by atoms with Gasteiger partial charge in [-0.25, -0.2) is 4.98 Å². The van der Waals surface area contributed by atoms with Crippen LogP contribution in [0.15, 0.2) is 24.0 Å². The second-order valence-electron chi connectivity index (χ2n) is 7.31. The lowest BCUT2D eigenvalue weighted by Crippen LogP contribution is -2.42. The van der Waals surface area contributed by atoms with Crippen LogP contribution in [0.4, 0.5) is 0 Å². The summed E-state index contributed by atoms with van der Waals surface area (Å²) in [6.45, 7) is 9.43. The van der Waals surface area contributed by atoms with E-state index < -0.39 is 0 Å². The maximum Gasteiger partial charge on any atom is 0.224 e. The zero-order chi connectivity index (χ0) is 15.2. The highest BCUT2D eigenvalue weighted by atomic mass is 16.2. The number of allylic oxidation sites excluding steroid dienone is 2. The van der Waals surface area contributed by atoms with Gasteiger partial charge in [0.1, 0.15) is 5.82 Å². The number of nitrogens with one attached hydrogen (secondary N) is 1. The van der Waals surface area contributed by atoms with Crippen LogP contribution in [-0.2, 0) is 17.8 Å². The lowest BCUT2D eigenvalue weighted by molar-refractivity contribution is -0.124. The Morgan fingerprint density at radius 3 is 2.95 bits per heavy atom. The minimum Gasteiger partial charge on any atom is -0.351 e. The van der Waals surface area contributed by atoms with Crippen molar-refractivity contribution in [3.8, 4) is 0 Å². The molecule has 2 heterocycles. The lowest BCUT2D eigenvalue weighted by atomic mass is 10.1. The molecule has 0 radical (unpaired) electrons. The van der Waals surface area contributed by atoms with Crippen LogP contribution in [0.25, 0.3) is 0 Å². The number of amides is 1. The molecule has 4 heteroatoms. The molecule has 114 valence electrons. The average Bonchev–Trinajstić information content (AvgIpc) is 2.74. The van der Waals surface area contributed by atoms with Gasteiger partial charge in [0.05, 0.1) is 5.92 Å². The molecule has 1 aromatic heterocycles. The van der Waals surface area contributed by atoms with Crippen molar-refractivity contribution in [3.05, 3.63) is 29.9 Å². The van der Waals surface area contributed by atoms with Gasteiger partial charge < -0.3 is 9.88 Å². The molecule has 0 saturated heterocycles. The van der Waals surface area contributed by atoms with E-state index in [1.165, 1.54) is 5.57 Å². The summed E-state index contributed by atoms with van der Waals surface area (Å²) in [6, 6.07) is 0.239. The van der Waals surface area contributed by atoms with Gasteiger partial charge in [0.25, 0.3) is 0 Å². The molecule has 1 N–H and O–H groups in total. The highest BCUT2D eigenvalue weighted by Crippen LogP contribution is 2.59. The summed E-state index contributed by atoms with van der Waals surface area (Å²) in [7, 11) is 0. The van der Waals surface area contributed by atoms with Crippen molar-refractivity contribution < 1.29 is 4.79 Å². The van der Waals surface area contributed by atoms with E-state index in [-0.39, 0.29) is 23.3 Å². The molecular formula is C17H25N3O. The molecule has 0 unspecified atom stereocenters. The Bertz CT molecular complexity index is 581. The fourth-order valence-corrected chi connectivity index (χ4v) is 3.62. The second kappa shape index (κ2) is 5.00. The molecule has 21 heavy (non-hydrogen) atoms. The number of carbonyl (C=O) groups is 1. The maximum absolute atomic E-state index is 12.6. The maximum atomic E-state index is 12.6. The van der Waals surface area contributed by atoms with Crippen molar-refractivity contribution in [2.45, 2.75) is 53.1 Å². The number of fused-ring (bicyclic) bond motifs is 1. The molecule has 3 atom stereocenters. The minimum absolute atomic E-state index is 0.0934. The highest BCUT2D eigenvalue weighted by Gasteiger charge is 2.60. The molecule has 3 rings (SSSR count). The van der Waals surface area contributed by atoms with Gasteiger partial charge in [0.2, 0.25) is 5.91 Å². The first-order chi connectivity index (χ1) is 9.89. The number of hydrogen-bond acceptors (Lipinski definition) is 2. The third kappa shape index (κ3) is 2.63. The van der Waals surface area contributed by atoms with Gasteiger partial charge in [0.15, 0.2) is 0 Å². The molecule has 4 nitrogen and oxygen atoms in total. The first kappa shape index (κ1) is 14.4. The topological polar surface area (TPSA) is 46.9 Å². The first-order valence-electron chi connectivity index (χ1n) is 7.85. The van der Waals surface area contributed by atoms with E-state index in [9.17, 15) is 4.79 Å². The van der Waals surface area contributed by atoms with Crippen LogP contribution in [0.3, 0.4) is 0 Å². The SMILES string of the molecule is CC(C)=C[C@@H]1[C@@H](C(=O)N[C@@H]2CCc3nccn3C2)C1(C)C. The van der Waals surface area contributed by atoms with Crippen molar-refractivity contribution in [1.29, 1.82) is 0 Å². The summed E-state index contributed by atoms with van der Waals surface area (Å²) in [5, 5.41) is 3.25. The third-order valence-electron chi connectivity index (χ3n) is 4.99. The van der Waals surface area contributed by atoms with Crippen LogP contribution in [0.5, 0.6) is 0 Å². The number of aromatic nitrogens is 2. The largest absolute Gasteiger partial charge is 0.351 e. The second-order valence-corrected chi connectivity index (χ2v) is 7.31. The van der Waals surface area contributed by atoms with Gasteiger partial charge in [-0.15, -0.1) is 0 Å². The highest BCUT2D eigenvalue weighted by molar-refractivity contribution is 5.84. The van der Waals surface area contributed by atoms with Crippen molar-refractivity contribution in [2.75, 3.05) is 0 Å². The Balaban J connectivity index is 1.62. The molecule has 1 amide bonds. The molecule has 1 fully saturated rings. The average molecular weight is 287 g/mol. The van der Waals surface area contributed by atoms with E-state index in [0.717, 1.165) is 25.2 Å². The Kier molecular flexibility index (Phi) is 3.42. The van der Waals surface area contributed by atoms with E-state index in [0.29, 0.717) is 5.92 Å². The summed E-state index contributed by atoms with van der Waals surface area (Å²) >= 11 is 0. The number of aryl methyl sites for hydroxylation is 1. The van der Waals surface area contributed by atoms with Crippen molar-refractivity contribution >= 4 is 5.91 Å². The van der Waals surface area contributed by atoms with Crippen molar-refractivity contribution in [1.82, 2.24) is 14.9 Å². The van der Waals surface area contributed by atoms with Crippen LogP contribution >= 0.6 is 0 Å². The fourth-order valence-electron chi connectivity index (χ4n) is 3.62. The van der Waals surface area contributed by atoms with Crippen molar-refractivity contribution in [3.63, 3.8) is 0 Å². The Morgan fingerprint density at radius 2 is 2.24 bits per heavy atom. The predicted molar refractivity (Wildman–Crippen MR) is 82.7 cm³/mol. The molecular weight excluding hydrogens is 262 g/mol. The van der Waals surface area contributed by atoms with Crippen molar-refractivity contribution in [2.24, 2.45) is 17.3 Å². The van der Waals surface area contributed by atoms with Crippen LogP contribution < -0.4 is 5.32 Å². The monoisotopic (exact) mass is 287 g/mol. The van der Waals surface area contributed by atoms with Gasteiger partial charge in [-0.1, -0.05) is 25.5 Å². The van der Waals surface area contributed by atoms with Gasteiger partial charge in [-0.3, -0.25) is 4.79 Å². The Morgan fingerprint density at radius 1 is 1.48 bits per heavy atom. The molecule has 1 aromatic rings. The summed E-state index contributed by atoms with van der Waals surface area (Å²) < 4.78 is 2.15. The summed E-state index contributed by atoms with van der Waals surface area (Å²) in [6.07, 6.45) is 8.03. The van der Waals surface area contributed by atoms with Gasteiger partial charge in [-0.2, -0.15) is 0 Å². The molecule has 1 aliphatic carbocycles. The Labute approximate surface area is 126 Å². The number of rotatable bonds is 3. The number of imidazole rings is 1. The number of nitrogens with zero attached hydrogens (tertiary/aromatic N) is 2. The molecule has 0 bridgehead atoms. The smallest absolute Gasteiger partial charge is 0.224 e. The van der Waals surface area contributed by atoms with E-state index in [1.54, 1.807) is 0 Å². The Hall–Kier alpha value is -1.58. The predicted octanol–water partition coefficient (Wildman–Crippen LogP) is 2.55. The minimum atomic E-state index is 0.0934. The van der Waals surface area contributed by atoms with Crippen LogP contribution in [0, 0.1) is 17.3 Å². The van der Waals surface area contributed by atoms with E-state index >= 15 is 0 Å². The van der Waals surface area contributed by atoms with Crippen LogP contribution in [-0.4, -0.2) is 21.5 Å². The van der Waals surface area contributed by atoms with E-state index in [2.05, 4.69) is 48.6 Å². The van der Waals surface area contributed by atoms with Gasteiger partial charge in [0, 0.05) is 31.4 Å². The van der Waals surface area contributed by atoms with Gasteiger partial charge in [-0.05, 0) is 31.6 Å². The lowest BCUT2D eigenvalue weighted by Gasteiger charge is -2.25. The number of hydrogen-bond donors (Lipinski definition) is 1. The summed E-state index contributed by atoms with van der Waals surface area (Å²) in [5.41, 5.74) is 1.39. The molecule has 0 spiro atoms. The van der Waals surface area contributed by atoms with Crippen LogP contribution in [0.2, 0.25) is 0 Å². The molecule has 1 saturated carbocycles.